The maximum atomic E-state index is 12.3. The third kappa shape index (κ3) is 3.71. The van der Waals surface area contributed by atoms with Crippen LogP contribution in [0.4, 0.5) is 5.69 Å². The van der Waals surface area contributed by atoms with Gasteiger partial charge in [-0.05, 0) is 24.6 Å². The number of benzene rings is 1. The molecular formula is C16H17N3O2. The van der Waals surface area contributed by atoms with Gasteiger partial charge in [0.05, 0.1) is 11.3 Å². The van der Waals surface area contributed by atoms with Gasteiger partial charge < -0.3 is 10.4 Å². The topological polar surface area (TPSA) is 67.2 Å². The van der Waals surface area contributed by atoms with Crippen LogP contribution in [-0.4, -0.2) is 27.4 Å². The number of rotatable bonds is 3. The minimum absolute atomic E-state index is 0.188. The molecule has 0 unspecified atom stereocenters. The molecule has 0 spiro atoms. The number of aliphatic hydroxyl groups excluding tert-OH is 1. The molecule has 1 aromatic heterocycles. The predicted molar refractivity (Wildman–Crippen MR) is 80.9 cm³/mol. The number of nitrogens with one attached hydrogen (secondary N) is 1. The molecule has 5 heteroatoms. The monoisotopic (exact) mass is 283 g/mol. The standard InChI is InChI=1S/C16H17N3O2/c1-3-15-14(11-19(2)18-15)16(21)17-13-8-4-6-12(10-13)7-5-9-20/h4,6,8,10-11,20H,3,9H2,1-2H3,(H,17,21). The van der Waals surface area contributed by atoms with Gasteiger partial charge in [-0.15, -0.1) is 0 Å². The lowest BCUT2D eigenvalue weighted by molar-refractivity contribution is 0.102. The maximum absolute atomic E-state index is 12.3. The number of amides is 1. The molecule has 5 nitrogen and oxygen atoms in total. The van der Waals surface area contributed by atoms with Crippen LogP contribution in [-0.2, 0) is 13.5 Å². The van der Waals surface area contributed by atoms with Crippen molar-refractivity contribution in [1.29, 1.82) is 0 Å². The molecule has 0 aliphatic rings. The lowest BCUT2D eigenvalue weighted by atomic mass is 10.1. The Bertz CT molecular complexity index is 708. The molecule has 1 amide bonds. The van der Waals surface area contributed by atoms with E-state index in [-0.39, 0.29) is 12.5 Å². The fourth-order valence-electron chi connectivity index (χ4n) is 2.00. The Hall–Kier alpha value is -2.58. The van der Waals surface area contributed by atoms with Crippen molar-refractivity contribution in [2.24, 2.45) is 7.05 Å². The average molecular weight is 283 g/mol. The van der Waals surface area contributed by atoms with Gasteiger partial charge in [0, 0.05) is 24.5 Å². The third-order valence-electron chi connectivity index (χ3n) is 2.92. The highest BCUT2D eigenvalue weighted by molar-refractivity contribution is 6.05. The zero-order chi connectivity index (χ0) is 15.2. The Morgan fingerprint density at radius 3 is 3.00 bits per heavy atom. The van der Waals surface area contributed by atoms with E-state index in [2.05, 4.69) is 22.3 Å². The van der Waals surface area contributed by atoms with Gasteiger partial charge in [0.1, 0.15) is 6.61 Å². The molecule has 0 saturated heterocycles. The van der Waals surface area contributed by atoms with E-state index < -0.39 is 0 Å². The van der Waals surface area contributed by atoms with Crippen LogP contribution in [0.25, 0.3) is 0 Å². The Morgan fingerprint density at radius 1 is 1.48 bits per heavy atom. The van der Waals surface area contributed by atoms with Gasteiger partial charge in [0.25, 0.3) is 5.91 Å². The van der Waals surface area contributed by atoms with Crippen molar-refractivity contribution in [3.05, 3.63) is 47.3 Å². The number of nitrogens with zero attached hydrogens (tertiary/aromatic N) is 2. The smallest absolute Gasteiger partial charge is 0.259 e. The van der Waals surface area contributed by atoms with Crippen LogP contribution in [0.2, 0.25) is 0 Å². The first-order valence-electron chi connectivity index (χ1n) is 6.67. The van der Waals surface area contributed by atoms with Crippen molar-refractivity contribution < 1.29 is 9.90 Å². The van der Waals surface area contributed by atoms with Crippen LogP contribution in [0.1, 0.15) is 28.5 Å². The van der Waals surface area contributed by atoms with E-state index in [4.69, 9.17) is 5.11 Å². The second-order valence-corrected chi connectivity index (χ2v) is 4.51. The highest BCUT2D eigenvalue weighted by Crippen LogP contribution is 2.14. The Labute approximate surface area is 123 Å². The van der Waals surface area contributed by atoms with Gasteiger partial charge in [-0.2, -0.15) is 5.10 Å². The normalized spacial score (nSPS) is 9.86. The summed E-state index contributed by atoms with van der Waals surface area (Å²) in [4.78, 5) is 12.3. The van der Waals surface area contributed by atoms with Gasteiger partial charge in [0.2, 0.25) is 0 Å². The number of hydrogen-bond donors (Lipinski definition) is 2. The number of carbonyl (C=O) groups is 1. The molecule has 2 N–H and O–H groups in total. The summed E-state index contributed by atoms with van der Waals surface area (Å²) in [7, 11) is 1.79. The highest BCUT2D eigenvalue weighted by atomic mass is 16.2. The molecule has 1 aromatic carbocycles. The van der Waals surface area contributed by atoms with Crippen molar-refractivity contribution in [3.63, 3.8) is 0 Å². The number of carbonyl (C=O) groups excluding carboxylic acids is 1. The molecule has 108 valence electrons. The zero-order valence-corrected chi connectivity index (χ0v) is 12.1. The number of hydrogen-bond acceptors (Lipinski definition) is 3. The van der Waals surface area contributed by atoms with Gasteiger partial charge in [0.15, 0.2) is 0 Å². The lowest BCUT2D eigenvalue weighted by Crippen LogP contribution is -2.13. The van der Waals surface area contributed by atoms with Gasteiger partial charge in [-0.25, -0.2) is 0 Å². The number of anilines is 1. The first kappa shape index (κ1) is 14.8. The van der Waals surface area contributed by atoms with Crippen LogP contribution in [0.5, 0.6) is 0 Å². The third-order valence-corrected chi connectivity index (χ3v) is 2.92. The highest BCUT2D eigenvalue weighted by Gasteiger charge is 2.14. The van der Waals surface area contributed by atoms with E-state index in [9.17, 15) is 4.79 Å². The van der Waals surface area contributed by atoms with E-state index in [1.165, 1.54) is 0 Å². The molecule has 2 aromatic rings. The summed E-state index contributed by atoms with van der Waals surface area (Å²) in [5, 5.41) is 15.8. The van der Waals surface area contributed by atoms with Crippen molar-refractivity contribution >= 4 is 11.6 Å². The van der Waals surface area contributed by atoms with E-state index in [1.54, 1.807) is 36.1 Å². The summed E-state index contributed by atoms with van der Waals surface area (Å²) >= 11 is 0. The van der Waals surface area contributed by atoms with Crippen LogP contribution in [0.3, 0.4) is 0 Å². The molecule has 0 radical (unpaired) electrons. The van der Waals surface area contributed by atoms with Gasteiger partial charge >= 0.3 is 0 Å². The molecule has 0 bridgehead atoms. The molecule has 0 atom stereocenters. The minimum Gasteiger partial charge on any atom is -0.384 e. The molecule has 0 saturated carbocycles. The summed E-state index contributed by atoms with van der Waals surface area (Å²) in [5.74, 6) is 5.20. The SMILES string of the molecule is CCc1nn(C)cc1C(=O)Nc1cccc(C#CCO)c1. The largest absolute Gasteiger partial charge is 0.384 e. The maximum Gasteiger partial charge on any atom is 0.259 e. The molecule has 2 rings (SSSR count). The first-order valence-corrected chi connectivity index (χ1v) is 6.67. The second-order valence-electron chi connectivity index (χ2n) is 4.51. The van der Waals surface area contributed by atoms with Crippen LogP contribution in [0, 0.1) is 11.8 Å². The summed E-state index contributed by atoms with van der Waals surface area (Å²) < 4.78 is 1.64. The zero-order valence-electron chi connectivity index (χ0n) is 12.1. The van der Waals surface area contributed by atoms with E-state index in [0.29, 0.717) is 17.7 Å². The summed E-state index contributed by atoms with van der Waals surface area (Å²) in [6.45, 7) is 1.77. The minimum atomic E-state index is -0.188. The molecule has 0 fully saturated rings. The molecular weight excluding hydrogens is 266 g/mol. The van der Waals surface area contributed by atoms with Crippen molar-refractivity contribution in [1.82, 2.24) is 9.78 Å². The average Bonchev–Trinajstić information content (AvgIpc) is 2.87. The van der Waals surface area contributed by atoms with Crippen molar-refractivity contribution in [2.75, 3.05) is 11.9 Å². The van der Waals surface area contributed by atoms with Crippen LogP contribution < -0.4 is 5.32 Å². The lowest BCUT2D eigenvalue weighted by Gasteiger charge is -2.05. The molecule has 21 heavy (non-hydrogen) atoms. The quantitative estimate of drug-likeness (QED) is 0.840. The summed E-state index contributed by atoms with van der Waals surface area (Å²) in [5.41, 5.74) is 2.75. The fraction of sp³-hybridized carbons (Fsp3) is 0.250. The number of aryl methyl sites for hydroxylation is 2. The summed E-state index contributed by atoms with van der Waals surface area (Å²) in [6, 6.07) is 7.19. The Balaban J connectivity index is 2.19. The molecule has 1 heterocycles. The van der Waals surface area contributed by atoms with E-state index >= 15 is 0 Å². The van der Waals surface area contributed by atoms with Crippen LogP contribution in [0.15, 0.2) is 30.5 Å². The Morgan fingerprint density at radius 2 is 2.29 bits per heavy atom. The van der Waals surface area contributed by atoms with Crippen LogP contribution >= 0.6 is 0 Å². The van der Waals surface area contributed by atoms with E-state index in [1.807, 2.05) is 13.0 Å². The fourth-order valence-corrected chi connectivity index (χ4v) is 2.00. The van der Waals surface area contributed by atoms with Gasteiger partial charge in [-0.1, -0.05) is 24.8 Å². The second kappa shape index (κ2) is 6.73. The number of aliphatic hydroxyl groups is 1. The predicted octanol–water partition coefficient (Wildman–Crippen LogP) is 1.58. The van der Waals surface area contributed by atoms with Gasteiger partial charge in [-0.3, -0.25) is 9.48 Å². The first-order chi connectivity index (χ1) is 10.1. The van der Waals surface area contributed by atoms with Crippen molar-refractivity contribution in [3.8, 4) is 11.8 Å². The molecule has 0 aliphatic heterocycles. The van der Waals surface area contributed by atoms with Crippen molar-refractivity contribution in [2.45, 2.75) is 13.3 Å². The summed E-state index contributed by atoms with van der Waals surface area (Å²) in [6.07, 6.45) is 2.41. The van der Waals surface area contributed by atoms with E-state index in [0.717, 1.165) is 11.3 Å². The molecule has 0 aliphatic carbocycles. The number of aromatic nitrogens is 2. The Kier molecular flexibility index (Phi) is 4.75.